The Labute approximate surface area is 188 Å². The first-order valence-corrected chi connectivity index (χ1v) is 13.4. The second-order valence-corrected chi connectivity index (χ2v) is 12.7. The summed E-state index contributed by atoms with van der Waals surface area (Å²) in [6.45, 7) is 9.35. The predicted octanol–water partition coefficient (Wildman–Crippen LogP) is 5.31. The molecule has 0 saturated heterocycles. The Morgan fingerprint density at radius 3 is 1.23 bits per heavy atom. The van der Waals surface area contributed by atoms with Gasteiger partial charge in [0.15, 0.2) is 8.07 Å². The molecule has 0 aliphatic rings. The molecule has 4 rings (SSSR count). The van der Waals surface area contributed by atoms with E-state index in [1.54, 1.807) is 0 Å². The minimum absolute atomic E-state index is 0.455. The van der Waals surface area contributed by atoms with Gasteiger partial charge in [0, 0.05) is 0 Å². The summed E-state index contributed by atoms with van der Waals surface area (Å²) in [4.78, 5) is 0. The Kier molecular flexibility index (Phi) is 6.24. The summed E-state index contributed by atoms with van der Waals surface area (Å²) in [5.74, 6) is 0.947. The van der Waals surface area contributed by atoms with Crippen molar-refractivity contribution in [1.29, 1.82) is 0 Å². The highest BCUT2D eigenvalue weighted by Gasteiger charge is 2.43. The Hall–Kier alpha value is -2.90. The first-order valence-electron chi connectivity index (χ1n) is 11.4. The highest BCUT2D eigenvalue weighted by Crippen LogP contribution is 2.27. The smallest absolute Gasteiger partial charge is 0.0623 e. The minimum atomic E-state index is -2.48. The molecule has 0 amide bonds. The Morgan fingerprint density at radius 1 is 0.452 bits per heavy atom. The fraction of sp³-hybridized carbons (Fsp3) is 0.200. The number of rotatable bonds is 6. The van der Waals surface area contributed by atoms with Crippen LogP contribution in [-0.2, 0) is 0 Å². The third-order valence-electron chi connectivity index (χ3n) is 6.36. The van der Waals surface area contributed by atoms with E-state index < -0.39 is 8.07 Å². The minimum Gasteiger partial charge on any atom is -0.0623 e. The maximum absolute atomic E-state index is 2.48. The summed E-state index contributed by atoms with van der Waals surface area (Å²) in [5, 5.41) is 5.85. The van der Waals surface area contributed by atoms with Gasteiger partial charge in [0.25, 0.3) is 0 Å². The van der Waals surface area contributed by atoms with Crippen LogP contribution in [0.4, 0.5) is 0 Å². The third kappa shape index (κ3) is 3.79. The zero-order chi connectivity index (χ0) is 21.8. The van der Waals surface area contributed by atoms with Gasteiger partial charge in [0.2, 0.25) is 0 Å². The summed E-state index contributed by atoms with van der Waals surface area (Å²) in [6.07, 6.45) is 0. The molecule has 0 aliphatic carbocycles. The molecule has 0 saturated carbocycles. The van der Waals surface area contributed by atoms with Gasteiger partial charge in [-0.15, -0.1) is 0 Å². The topological polar surface area (TPSA) is 0 Å². The van der Waals surface area contributed by atoms with Crippen molar-refractivity contribution in [2.24, 2.45) is 0 Å². The lowest BCUT2D eigenvalue weighted by atomic mass is 9.90. The van der Waals surface area contributed by atoms with E-state index >= 15 is 0 Å². The first-order chi connectivity index (χ1) is 15.1. The van der Waals surface area contributed by atoms with Gasteiger partial charge in [-0.3, -0.25) is 0 Å². The van der Waals surface area contributed by atoms with Crippen molar-refractivity contribution < 1.29 is 0 Å². The van der Waals surface area contributed by atoms with Crippen molar-refractivity contribution in [3.63, 3.8) is 0 Å². The molecule has 0 heterocycles. The average molecular weight is 421 g/mol. The lowest BCUT2D eigenvalue weighted by Gasteiger charge is -2.37. The summed E-state index contributed by atoms with van der Waals surface area (Å²) in [7, 11) is -2.48. The summed E-state index contributed by atoms with van der Waals surface area (Å²) in [6, 6.07) is 40.7. The molecule has 4 aromatic carbocycles. The molecule has 31 heavy (non-hydrogen) atoms. The average Bonchev–Trinajstić information content (AvgIpc) is 2.81. The number of hydrogen-bond acceptors (Lipinski definition) is 0. The van der Waals surface area contributed by atoms with Crippen molar-refractivity contribution >= 4 is 28.8 Å². The molecule has 0 nitrogen and oxygen atoms in total. The largest absolute Gasteiger partial charge is 0.179 e. The molecule has 0 spiro atoms. The van der Waals surface area contributed by atoms with Crippen LogP contribution in [0.25, 0.3) is 0 Å². The van der Waals surface area contributed by atoms with Gasteiger partial charge in [0.05, 0.1) is 0 Å². The van der Waals surface area contributed by atoms with E-state index in [0.29, 0.717) is 11.8 Å². The van der Waals surface area contributed by atoms with Gasteiger partial charge in [-0.25, -0.2) is 0 Å². The van der Waals surface area contributed by atoms with Crippen molar-refractivity contribution in [2.75, 3.05) is 0 Å². The van der Waals surface area contributed by atoms with Crippen molar-refractivity contribution in [1.82, 2.24) is 0 Å². The van der Waals surface area contributed by atoms with E-state index in [4.69, 9.17) is 0 Å². The molecule has 0 aliphatic heterocycles. The van der Waals surface area contributed by atoms with E-state index in [0.717, 1.165) is 0 Å². The van der Waals surface area contributed by atoms with E-state index in [-0.39, 0.29) is 0 Å². The van der Waals surface area contributed by atoms with Gasteiger partial charge >= 0.3 is 0 Å². The molecule has 0 bridgehead atoms. The van der Waals surface area contributed by atoms with Crippen LogP contribution < -0.4 is 20.7 Å². The van der Waals surface area contributed by atoms with E-state index in [2.05, 4.69) is 137 Å². The SMILES string of the molecule is CC(C)c1cccc([Si](c2ccccc2)(c2ccccc2)c2ccccc2)c1C(C)C. The summed E-state index contributed by atoms with van der Waals surface area (Å²) < 4.78 is 0. The van der Waals surface area contributed by atoms with Crippen LogP contribution in [0.15, 0.2) is 109 Å². The van der Waals surface area contributed by atoms with Gasteiger partial charge in [-0.1, -0.05) is 137 Å². The zero-order valence-electron chi connectivity index (χ0n) is 19.0. The van der Waals surface area contributed by atoms with Crippen molar-refractivity contribution in [3.8, 4) is 0 Å². The molecular formula is C30H32Si. The molecule has 0 unspecified atom stereocenters. The lowest BCUT2D eigenvalue weighted by molar-refractivity contribution is 0.795. The van der Waals surface area contributed by atoms with E-state index in [1.807, 2.05) is 0 Å². The zero-order valence-corrected chi connectivity index (χ0v) is 20.0. The van der Waals surface area contributed by atoms with Crippen LogP contribution in [0, 0.1) is 0 Å². The number of benzene rings is 4. The molecule has 1 heteroatoms. The van der Waals surface area contributed by atoms with Crippen LogP contribution in [0.3, 0.4) is 0 Å². The second-order valence-electron chi connectivity index (χ2n) is 8.97. The van der Waals surface area contributed by atoms with Gasteiger partial charge in [-0.2, -0.15) is 0 Å². The molecule has 0 radical (unpaired) electrons. The first kappa shape index (κ1) is 21.3. The summed E-state index contributed by atoms with van der Waals surface area (Å²) in [5.41, 5.74) is 3.01. The monoisotopic (exact) mass is 420 g/mol. The lowest BCUT2D eigenvalue weighted by Crippen LogP contribution is -2.75. The Bertz CT molecular complexity index is 1020. The van der Waals surface area contributed by atoms with Crippen LogP contribution in [0.5, 0.6) is 0 Å². The molecule has 156 valence electrons. The second kappa shape index (κ2) is 9.07. The van der Waals surface area contributed by atoms with Crippen molar-refractivity contribution in [3.05, 3.63) is 120 Å². The quantitative estimate of drug-likeness (QED) is 0.293. The normalized spacial score (nSPS) is 11.8. The van der Waals surface area contributed by atoms with E-state index in [1.165, 1.54) is 31.9 Å². The molecule has 0 atom stereocenters. The maximum atomic E-state index is 2.42. The maximum Gasteiger partial charge on any atom is 0.179 e. The molecular weight excluding hydrogens is 388 g/mol. The van der Waals surface area contributed by atoms with Crippen LogP contribution in [-0.4, -0.2) is 8.07 Å². The molecule has 0 aromatic heterocycles. The Balaban J connectivity index is 2.22. The highest BCUT2D eigenvalue weighted by atomic mass is 28.3. The van der Waals surface area contributed by atoms with Gasteiger partial charge in [0.1, 0.15) is 0 Å². The molecule has 0 fully saturated rings. The number of hydrogen-bond donors (Lipinski definition) is 0. The highest BCUT2D eigenvalue weighted by molar-refractivity contribution is 7.20. The van der Waals surface area contributed by atoms with Crippen LogP contribution >= 0.6 is 0 Å². The third-order valence-corrected chi connectivity index (χ3v) is 11.2. The van der Waals surface area contributed by atoms with Gasteiger partial charge in [-0.05, 0) is 43.7 Å². The van der Waals surface area contributed by atoms with Crippen LogP contribution in [0.2, 0.25) is 0 Å². The molecule has 0 N–H and O–H groups in total. The Morgan fingerprint density at radius 2 is 0.871 bits per heavy atom. The standard InChI is InChI=1S/C30H32Si/c1-23(2)28-21-14-22-29(30(28)24(3)4)31(25-15-8-5-9-16-25,26-17-10-6-11-18-26)27-19-12-7-13-20-27/h5-24H,1-4H3. The van der Waals surface area contributed by atoms with Gasteiger partial charge < -0.3 is 0 Å². The predicted molar refractivity (Wildman–Crippen MR) is 138 cm³/mol. The van der Waals surface area contributed by atoms with Crippen molar-refractivity contribution in [2.45, 2.75) is 39.5 Å². The van der Waals surface area contributed by atoms with E-state index in [9.17, 15) is 0 Å². The summed E-state index contributed by atoms with van der Waals surface area (Å²) >= 11 is 0. The fourth-order valence-corrected chi connectivity index (χ4v) is 10.3. The molecule has 4 aromatic rings. The fourth-order valence-electron chi connectivity index (χ4n) is 5.09. The van der Waals surface area contributed by atoms with Crippen LogP contribution in [0.1, 0.15) is 50.7 Å².